The first-order valence-corrected chi connectivity index (χ1v) is 9.98. The molecule has 3 heterocycles. The highest BCUT2D eigenvalue weighted by molar-refractivity contribution is 7.99. The first-order chi connectivity index (χ1) is 13.8. The van der Waals surface area contributed by atoms with Crippen LogP contribution in [0.15, 0.2) is 29.3 Å². The van der Waals surface area contributed by atoms with Crippen molar-refractivity contribution in [2.45, 2.75) is 36.9 Å². The number of aryl methyl sites for hydroxylation is 1. The van der Waals surface area contributed by atoms with Gasteiger partial charge in [0, 0.05) is 34.6 Å². The Kier molecular flexibility index (Phi) is 5.07. The van der Waals surface area contributed by atoms with Crippen LogP contribution >= 0.6 is 11.8 Å². The molecule has 4 rings (SSSR count). The summed E-state index contributed by atoms with van der Waals surface area (Å²) in [4.78, 5) is 29.6. The number of halogens is 2. The lowest BCUT2D eigenvalue weighted by Gasteiger charge is -2.17. The van der Waals surface area contributed by atoms with Crippen molar-refractivity contribution in [1.29, 1.82) is 0 Å². The summed E-state index contributed by atoms with van der Waals surface area (Å²) in [5.41, 5.74) is 6.86. The van der Waals surface area contributed by atoms with Crippen molar-refractivity contribution in [3.63, 3.8) is 0 Å². The maximum Gasteiger partial charge on any atom is 0.416 e. The number of hydrogen-bond acceptors (Lipinski definition) is 6. The Balaban J connectivity index is 1.68. The molecule has 2 aliphatic rings. The molecule has 1 saturated heterocycles. The number of nitrogens with two attached hydrogens (primary N) is 1. The number of anilines is 2. The summed E-state index contributed by atoms with van der Waals surface area (Å²) in [6.07, 6.45) is -1.95. The average molecular weight is 423 g/mol. The number of hydrogen-bond donors (Lipinski definition) is 2. The molecule has 1 aromatic heterocycles. The van der Waals surface area contributed by atoms with Crippen LogP contribution in [0.25, 0.3) is 11.4 Å². The minimum absolute atomic E-state index is 0.148. The highest BCUT2D eigenvalue weighted by Crippen LogP contribution is 2.38. The van der Waals surface area contributed by atoms with Gasteiger partial charge in [0.2, 0.25) is 5.91 Å². The third-order valence-electron chi connectivity index (χ3n) is 4.83. The lowest BCUT2D eigenvalue weighted by molar-refractivity contribution is -0.118. The number of cyclic esters (lactones) is 1. The van der Waals surface area contributed by atoms with Gasteiger partial charge in [-0.3, -0.25) is 4.79 Å². The van der Waals surface area contributed by atoms with Crippen LogP contribution < -0.4 is 16.0 Å². The van der Waals surface area contributed by atoms with Gasteiger partial charge in [-0.15, -0.1) is 11.8 Å². The number of carbonyl (C=O) groups is 2. The van der Waals surface area contributed by atoms with E-state index in [0.29, 0.717) is 12.4 Å². The average Bonchev–Trinajstić information content (AvgIpc) is 3.21. The van der Waals surface area contributed by atoms with Gasteiger partial charge in [0.05, 0.1) is 0 Å². The Hall–Kier alpha value is -2.82. The maximum absolute atomic E-state index is 13.3. The molecule has 154 valence electrons. The second-order valence-electron chi connectivity index (χ2n) is 6.79. The van der Waals surface area contributed by atoms with E-state index in [1.54, 1.807) is 30.9 Å². The molecule has 8 nitrogen and oxygen atoms in total. The van der Waals surface area contributed by atoms with Crippen LogP contribution in [-0.4, -0.2) is 52.4 Å². The fourth-order valence-electron chi connectivity index (χ4n) is 3.28. The Morgan fingerprint density at radius 3 is 2.97 bits per heavy atom. The number of imidazole rings is 1. The highest BCUT2D eigenvalue weighted by atomic mass is 32.2. The zero-order chi connectivity index (χ0) is 20.7. The molecular weight excluding hydrogens is 404 g/mol. The van der Waals surface area contributed by atoms with Gasteiger partial charge in [-0.1, -0.05) is 0 Å². The SMILES string of the molecule is C[C@H](Nc1ccc2c(c1)SCCn1cc(N3C(=O)OCC3C(F)F)nc1-2)C(N)=O. The van der Waals surface area contributed by atoms with Crippen LogP contribution in [0.2, 0.25) is 0 Å². The van der Waals surface area contributed by atoms with Crippen LogP contribution in [0.3, 0.4) is 0 Å². The van der Waals surface area contributed by atoms with Crippen molar-refractivity contribution in [1.82, 2.24) is 9.55 Å². The normalized spacial score (nSPS) is 19.4. The molecule has 2 atom stereocenters. The number of carbonyl (C=O) groups excluding carboxylic acids is 2. The summed E-state index contributed by atoms with van der Waals surface area (Å²) >= 11 is 1.62. The summed E-state index contributed by atoms with van der Waals surface area (Å²) in [6, 6.07) is 3.67. The number of amides is 2. The van der Waals surface area contributed by atoms with Gasteiger partial charge in [-0.2, -0.15) is 0 Å². The number of thioether (sulfide) groups is 1. The molecule has 0 spiro atoms. The molecule has 1 fully saturated rings. The van der Waals surface area contributed by atoms with E-state index >= 15 is 0 Å². The van der Waals surface area contributed by atoms with E-state index in [-0.39, 0.29) is 12.4 Å². The minimum Gasteiger partial charge on any atom is -0.447 e. The van der Waals surface area contributed by atoms with Crippen LogP contribution in [0, 0.1) is 0 Å². The van der Waals surface area contributed by atoms with Crippen molar-refractivity contribution in [2.75, 3.05) is 22.6 Å². The predicted molar refractivity (Wildman–Crippen MR) is 104 cm³/mol. The lowest BCUT2D eigenvalue weighted by atomic mass is 10.1. The standard InChI is InChI=1S/C18H19F2N5O3S/c1-9(16(21)26)22-10-2-3-11-13(6-10)29-5-4-24-7-14(23-17(11)24)25-12(15(19)20)8-28-18(25)27/h2-3,6-7,9,12,15,22H,4-5,8H2,1H3,(H2,21,26)/t9-,12?/m0/s1. The second kappa shape index (κ2) is 7.54. The van der Waals surface area contributed by atoms with Crippen molar-refractivity contribution in [2.24, 2.45) is 5.73 Å². The molecule has 2 amide bonds. The predicted octanol–water partition coefficient (Wildman–Crippen LogP) is 2.53. The van der Waals surface area contributed by atoms with Crippen molar-refractivity contribution in [3.05, 3.63) is 24.4 Å². The first-order valence-electron chi connectivity index (χ1n) is 8.99. The zero-order valence-electron chi connectivity index (χ0n) is 15.5. The van der Waals surface area contributed by atoms with Crippen LogP contribution in [0.1, 0.15) is 6.92 Å². The van der Waals surface area contributed by atoms with Gasteiger partial charge in [0.15, 0.2) is 5.82 Å². The number of benzene rings is 1. The number of aromatic nitrogens is 2. The van der Waals surface area contributed by atoms with Gasteiger partial charge in [-0.25, -0.2) is 23.5 Å². The first kappa shape index (κ1) is 19.5. The Morgan fingerprint density at radius 2 is 2.24 bits per heavy atom. The highest BCUT2D eigenvalue weighted by Gasteiger charge is 2.42. The van der Waals surface area contributed by atoms with Gasteiger partial charge in [-0.05, 0) is 25.1 Å². The van der Waals surface area contributed by atoms with E-state index in [1.807, 2.05) is 16.7 Å². The third-order valence-corrected chi connectivity index (χ3v) is 5.87. The monoisotopic (exact) mass is 423 g/mol. The largest absolute Gasteiger partial charge is 0.447 e. The summed E-state index contributed by atoms with van der Waals surface area (Å²) < 4.78 is 33.2. The van der Waals surface area contributed by atoms with E-state index in [0.717, 1.165) is 26.8 Å². The van der Waals surface area contributed by atoms with Crippen LogP contribution in [-0.2, 0) is 16.1 Å². The van der Waals surface area contributed by atoms with Gasteiger partial charge in [0.1, 0.15) is 24.5 Å². The van der Waals surface area contributed by atoms with Crippen molar-refractivity contribution >= 4 is 35.3 Å². The van der Waals surface area contributed by atoms with Gasteiger partial charge >= 0.3 is 6.09 Å². The van der Waals surface area contributed by atoms with E-state index in [1.165, 1.54) is 0 Å². The third kappa shape index (κ3) is 3.61. The van der Waals surface area contributed by atoms with E-state index < -0.39 is 30.5 Å². The number of primary amides is 1. The number of nitrogens with zero attached hydrogens (tertiary/aromatic N) is 3. The van der Waals surface area contributed by atoms with E-state index in [4.69, 9.17) is 10.5 Å². The van der Waals surface area contributed by atoms with Gasteiger partial charge in [0.25, 0.3) is 6.43 Å². The second-order valence-corrected chi connectivity index (χ2v) is 7.93. The molecule has 2 aromatic rings. The summed E-state index contributed by atoms with van der Waals surface area (Å²) in [7, 11) is 0. The molecule has 1 aromatic carbocycles. The van der Waals surface area contributed by atoms with E-state index in [9.17, 15) is 18.4 Å². The Morgan fingerprint density at radius 1 is 1.45 bits per heavy atom. The quantitative estimate of drug-likeness (QED) is 0.766. The van der Waals surface area contributed by atoms with Crippen molar-refractivity contribution in [3.8, 4) is 11.4 Å². The topological polar surface area (TPSA) is 102 Å². The fraction of sp³-hybridized carbons (Fsp3) is 0.389. The maximum atomic E-state index is 13.3. The van der Waals surface area contributed by atoms with Crippen molar-refractivity contribution < 1.29 is 23.1 Å². The molecule has 0 bridgehead atoms. The van der Waals surface area contributed by atoms with E-state index in [2.05, 4.69) is 10.3 Å². The Labute approximate surface area is 169 Å². The molecule has 1 unspecified atom stereocenters. The summed E-state index contributed by atoms with van der Waals surface area (Å²) in [5, 5.41) is 3.04. The summed E-state index contributed by atoms with van der Waals surface area (Å²) in [6.45, 7) is 1.91. The smallest absolute Gasteiger partial charge is 0.416 e. The number of rotatable bonds is 5. The van der Waals surface area contributed by atoms with Crippen LogP contribution in [0.4, 0.5) is 25.1 Å². The van der Waals surface area contributed by atoms with Crippen LogP contribution in [0.5, 0.6) is 0 Å². The Bertz CT molecular complexity index is 967. The van der Waals surface area contributed by atoms with Gasteiger partial charge < -0.3 is 20.4 Å². The zero-order valence-corrected chi connectivity index (χ0v) is 16.3. The summed E-state index contributed by atoms with van der Waals surface area (Å²) in [5.74, 6) is 1.00. The number of nitrogens with one attached hydrogen (secondary N) is 1. The number of ether oxygens (including phenoxy) is 1. The molecule has 0 saturated carbocycles. The minimum atomic E-state index is -2.73. The molecule has 2 aliphatic heterocycles. The molecular formula is C18H19F2N5O3S. The molecule has 0 radical (unpaired) electrons. The molecule has 3 N–H and O–H groups in total. The fourth-order valence-corrected chi connectivity index (χ4v) is 4.31. The molecule has 0 aliphatic carbocycles. The number of alkyl halides is 2. The lowest BCUT2D eigenvalue weighted by Crippen LogP contribution is -2.38. The molecule has 29 heavy (non-hydrogen) atoms. The molecule has 11 heteroatoms. The number of fused-ring (bicyclic) bond motifs is 3.